The Kier molecular flexibility index (Phi) is 2.80. The number of hydrogen-bond acceptors (Lipinski definition) is 2. The Morgan fingerprint density at radius 1 is 1.69 bits per heavy atom. The number of rotatable bonds is 3. The molecule has 4 heteroatoms. The number of nitrogens with zero attached hydrogens (tertiary/aromatic N) is 1. The van der Waals surface area contributed by atoms with Crippen molar-refractivity contribution in [2.45, 2.75) is 19.4 Å². The van der Waals surface area contributed by atoms with Crippen molar-refractivity contribution in [3.05, 3.63) is 17.2 Å². The maximum absolute atomic E-state index is 5.31. The lowest BCUT2D eigenvalue weighted by Gasteiger charge is -2.07. The van der Waals surface area contributed by atoms with Crippen molar-refractivity contribution in [1.82, 2.24) is 9.55 Å². The molecule has 1 fully saturated rings. The highest BCUT2D eigenvalue weighted by Gasteiger charge is 2.14. The monoisotopic (exact) mass is 198 g/mol. The molecule has 0 saturated carbocycles. The first-order chi connectivity index (χ1) is 6.36. The van der Waals surface area contributed by atoms with Crippen LogP contribution in [0.25, 0.3) is 0 Å². The molecule has 2 heterocycles. The summed E-state index contributed by atoms with van der Waals surface area (Å²) < 4.78 is 8.21. The van der Waals surface area contributed by atoms with Gasteiger partial charge in [0.15, 0.2) is 4.77 Å². The van der Waals surface area contributed by atoms with Gasteiger partial charge in [0.2, 0.25) is 0 Å². The lowest BCUT2D eigenvalue weighted by atomic mass is 10.1. The second-order valence-electron chi connectivity index (χ2n) is 3.48. The quantitative estimate of drug-likeness (QED) is 0.753. The van der Waals surface area contributed by atoms with Gasteiger partial charge >= 0.3 is 0 Å². The van der Waals surface area contributed by atoms with E-state index in [2.05, 4.69) is 9.55 Å². The Morgan fingerprint density at radius 2 is 2.62 bits per heavy atom. The molecule has 3 nitrogen and oxygen atoms in total. The van der Waals surface area contributed by atoms with Crippen LogP contribution >= 0.6 is 12.2 Å². The number of ether oxygens (including phenoxy) is 1. The standard InChI is InChI=1S/C9H14N2OS/c13-9-10-3-5-11(9)4-1-8-2-6-12-7-8/h3,5,8H,1-2,4,6-7H2,(H,10,13). The minimum Gasteiger partial charge on any atom is -0.381 e. The summed E-state index contributed by atoms with van der Waals surface area (Å²) in [6.45, 7) is 2.87. The fourth-order valence-electron chi connectivity index (χ4n) is 1.66. The number of aryl methyl sites for hydroxylation is 1. The number of aromatic amines is 1. The lowest BCUT2D eigenvalue weighted by molar-refractivity contribution is 0.183. The third-order valence-corrected chi connectivity index (χ3v) is 2.88. The smallest absolute Gasteiger partial charge is 0.177 e. The van der Waals surface area contributed by atoms with Crippen LogP contribution in [0, 0.1) is 10.7 Å². The van der Waals surface area contributed by atoms with Crippen LogP contribution in [0.15, 0.2) is 12.4 Å². The molecule has 0 aromatic carbocycles. The summed E-state index contributed by atoms with van der Waals surface area (Å²) in [6, 6.07) is 0. The molecule has 0 bridgehead atoms. The molecule has 0 amide bonds. The average molecular weight is 198 g/mol. The summed E-state index contributed by atoms with van der Waals surface area (Å²) in [6.07, 6.45) is 6.26. The molecule has 1 N–H and O–H groups in total. The minimum absolute atomic E-state index is 0.733. The van der Waals surface area contributed by atoms with Gasteiger partial charge in [-0.1, -0.05) is 0 Å². The van der Waals surface area contributed by atoms with E-state index in [-0.39, 0.29) is 0 Å². The summed E-state index contributed by atoms with van der Waals surface area (Å²) in [5.74, 6) is 0.733. The fraction of sp³-hybridized carbons (Fsp3) is 0.667. The molecule has 1 atom stereocenters. The molecule has 1 aliphatic rings. The third-order valence-electron chi connectivity index (χ3n) is 2.52. The van der Waals surface area contributed by atoms with Gasteiger partial charge in [-0.05, 0) is 31.0 Å². The van der Waals surface area contributed by atoms with Crippen LogP contribution in [-0.2, 0) is 11.3 Å². The molecule has 1 aliphatic heterocycles. The SMILES string of the molecule is S=c1[nH]ccn1CCC1CCOC1. The van der Waals surface area contributed by atoms with E-state index in [0.717, 1.165) is 30.4 Å². The molecule has 13 heavy (non-hydrogen) atoms. The van der Waals surface area contributed by atoms with Gasteiger partial charge in [-0.25, -0.2) is 0 Å². The highest BCUT2D eigenvalue weighted by atomic mass is 32.1. The molecular weight excluding hydrogens is 184 g/mol. The summed E-state index contributed by atoms with van der Waals surface area (Å²) in [4.78, 5) is 2.99. The first-order valence-electron chi connectivity index (χ1n) is 4.68. The number of hydrogen-bond donors (Lipinski definition) is 1. The number of nitrogens with one attached hydrogen (secondary N) is 1. The van der Waals surface area contributed by atoms with Crippen molar-refractivity contribution in [3.8, 4) is 0 Å². The molecular formula is C9H14N2OS. The second kappa shape index (κ2) is 4.07. The van der Waals surface area contributed by atoms with Crippen LogP contribution in [0.2, 0.25) is 0 Å². The van der Waals surface area contributed by atoms with Gasteiger partial charge in [-0.3, -0.25) is 0 Å². The van der Waals surface area contributed by atoms with E-state index < -0.39 is 0 Å². The first kappa shape index (κ1) is 8.97. The number of H-pyrrole nitrogens is 1. The summed E-state index contributed by atoms with van der Waals surface area (Å²) in [5, 5.41) is 0. The maximum atomic E-state index is 5.31. The fourth-order valence-corrected chi connectivity index (χ4v) is 1.88. The van der Waals surface area contributed by atoms with Gasteiger partial charge < -0.3 is 14.3 Å². The van der Waals surface area contributed by atoms with Gasteiger partial charge in [0.1, 0.15) is 0 Å². The highest BCUT2D eigenvalue weighted by Crippen LogP contribution is 2.16. The summed E-state index contributed by atoms with van der Waals surface area (Å²) in [7, 11) is 0. The van der Waals surface area contributed by atoms with E-state index in [0.29, 0.717) is 0 Å². The van der Waals surface area contributed by atoms with Crippen molar-refractivity contribution < 1.29 is 4.74 Å². The Labute approximate surface area is 82.7 Å². The zero-order valence-electron chi connectivity index (χ0n) is 7.53. The topological polar surface area (TPSA) is 29.9 Å². The van der Waals surface area contributed by atoms with Crippen LogP contribution in [0.3, 0.4) is 0 Å². The van der Waals surface area contributed by atoms with Crippen LogP contribution in [0.1, 0.15) is 12.8 Å². The molecule has 72 valence electrons. The molecule has 1 aromatic heterocycles. The predicted octanol–water partition coefficient (Wildman–Crippen LogP) is 1.97. The zero-order chi connectivity index (χ0) is 9.10. The molecule has 1 saturated heterocycles. The van der Waals surface area contributed by atoms with Crippen molar-refractivity contribution in [2.24, 2.45) is 5.92 Å². The van der Waals surface area contributed by atoms with Gasteiger partial charge in [-0.15, -0.1) is 0 Å². The van der Waals surface area contributed by atoms with Gasteiger partial charge in [-0.2, -0.15) is 0 Å². The summed E-state index contributed by atoms with van der Waals surface area (Å²) >= 11 is 5.10. The molecule has 0 aliphatic carbocycles. The molecule has 2 rings (SSSR count). The zero-order valence-corrected chi connectivity index (χ0v) is 8.35. The van der Waals surface area contributed by atoms with E-state index in [4.69, 9.17) is 17.0 Å². The molecule has 0 spiro atoms. The lowest BCUT2D eigenvalue weighted by Crippen LogP contribution is -2.05. The Hall–Kier alpha value is -0.610. The van der Waals surface area contributed by atoms with Gasteiger partial charge in [0, 0.05) is 32.2 Å². The Balaban J connectivity index is 1.85. The average Bonchev–Trinajstić information content (AvgIpc) is 2.72. The molecule has 1 unspecified atom stereocenters. The van der Waals surface area contributed by atoms with E-state index in [1.54, 1.807) is 0 Å². The minimum atomic E-state index is 0.733. The van der Waals surface area contributed by atoms with E-state index in [9.17, 15) is 0 Å². The van der Waals surface area contributed by atoms with E-state index in [1.807, 2.05) is 12.4 Å². The molecule has 0 radical (unpaired) electrons. The van der Waals surface area contributed by atoms with Crippen LogP contribution < -0.4 is 0 Å². The third kappa shape index (κ3) is 2.19. The Morgan fingerprint density at radius 3 is 3.23 bits per heavy atom. The molecule has 1 aromatic rings. The van der Waals surface area contributed by atoms with Crippen LogP contribution in [0.4, 0.5) is 0 Å². The van der Waals surface area contributed by atoms with Crippen molar-refractivity contribution in [2.75, 3.05) is 13.2 Å². The largest absolute Gasteiger partial charge is 0.381 e. The predicted molar refractivity (Wildman–Crippen MR) is 53.2 cm³/mol. The number of imidazole rings is 1. The maximum Gasteiger partial charge on any atom is 0.177 e. The second-order valence-corrected chi connectivity index (χ2v) is 3.86. The van der Waals surface area contributed by atoms with E-state index in [1.165, 1.54) is 12.8 Å². The van der Waals surface area contributed by atoms with Crippen molar-refractivity contribution in [3.63, 3.8) is 0 Å². The van der Waals surface area contributed by atoms with E-state index >= 15 is 0 Å². The summed E-state index contributed by atoms with van der Waals surface area (Å²) in [5.41, 5.74) is 0. The first-order valence-corrected chi connectivity index (χ1v) is 5.08. The highest BCUT2D eigenvalue weighted by molar-refractivity contribution is 7.71. The number of aromatic nitrogens is 2. The van der Waals surface area contributed by atoms with Gasteiger partial charge in [0.25, 0.3) is 0 Å². The van der Waals surface area contributed by atoms with Crippen molar-refractivity contribution in [1.29, 1.82) is 0 Å². The van der Waals surface area contributed by atoms with Crippen molar-refractivity contribution >= 4 is 12.2 Å². The van der Waals surface area contributed by atoms with Crippen LogP contribution in [-0.4, -0.2) is 22.8 Å². The normalized spacial score (nSPS) is 22.3. The van der Waals surface area contributed by atoms with Crippen LogP contribution in [0.5, 0.6) is 0 Å². The Bertz CT molecular complexity index is 311. The van der Waals surface area contributed by atoms with Gasteiger partial charge in [0.05, 0.1) is 0 Å².